The van der Waals surface area contributed by atoms with E-state index in [-0.39, 0.29) is 11.9 Å². The third-order valence-electron chi connectivity index (χ3n) is 5.48. The second kappa shape index (κ2) is 8.24. The van der Waals surface area contributed by atoms with Gasteiger partial charge in [-0.3, -0.25) is 4.79 Å². The Morgan fingerprint density at radius 2 is 2.19 bits per heavy atom. The molecular formula is C23H20N6O3. The summed E-state index contributed by atoms with van der Waals surface area (Å²) >= 11 is 0. The first kappa shape index (κ1) is 19.9. The van der Waals surface area contributed by atoms with Crippen molar-refractivity contribution < 1.29 is 13.9 Å². The Labute approximate surface area is 183 Å². The van der Waals surface area contributed by atoms with Crippen LogP contribution in [-0.2, 0) is 4.74 Å². The van der Waals surface area contributed by atoms with Gasteiger partial charge in [0.2, 0.25) is 0 Å². The lowest BCUT2D eigenvalue weighted by molar-refractivity contribution is -0.0365. The van der Waals surface area contributed by atoms with Crippen LogP contribution in [0.5, 0.6) is 0 Å². The van der Waals surface area contributed by atoms with E-state index in [2.05, 4.69) is 15.3 Å². The van der Waals surface area contributed by atoms with Crippen molar-refractivity contribution in [3.8, 4) is 17.3 Å². The van der Waals surface area contributed by atoms with Crippen LogP contribution in [0.1, 0.15) is 47.1 Å². The number of amides is 1. The molecule has 1 fully saturated rings. The monoisotopic (exact) mass is 428 g/mol. The standard InChI is InChI=1S/C23H20N6O3/c1-14-8-15(10-24)11-26-21(14)23(30)27-19-9-17-18(12-25-19)29(20-4-2-3-6-32-20)28-22(17)16-5-7-31-13-16/h5,7-9,11-13,20H,2-4,6H2,1H3,(H,25,27,30). The predicted octanol–water partition coefficient (Wildman–Crippen LogP) is 4.22. The van der Waals surface area contributed by atoms with Gasteiger partial charge in [0, 0.05) is 23.8 Å². The Morgan fingerprint density at radius 3 is 2.91 bits per heavy atom. The minimum Gasteiger partial charge on any atom is -0.472 e. The lowest BCUT2D eigenvalue weighted by atomic mass is 10.1. The zero-order valence-corrected chi connectivity index (χ0v) is 17.4. The molecule has 1 unspecified atom stereocenters. The molecule has 5 rings (SSSR count). The SMILES string of the molecule is Cc1cc(C#N)cnc1C(=O)Nc1cc2c(-c3ccoc3)nn(C3CCCCO3)c2cn1. The summed E-state index contributed by atoms with van der Waals surface area (Å²) in [4.78, 5) is 21.3. The lowest BCUT2D eigenvalue weighted by Crippen LogP contribution is -2.19. The number of carbonyl (C=O) groups excluding carboxylic acids is 1. The van der Waals surface area contributed by atoms with Gasteiger partial charge in [-0.2, -0.15) is 10.4 Å². The third kappa shape index (κ3) is 3.61. The molecule has 0 spiro atoms. The van der Waals surface area contributed by atoms with Gasteiger partial charge in [0.1, 0.15) is 23.3 Å². The minimum absolute atomic E-state index is 0.153. The van der Waals surface area contributed by atoms with Crippen LogP contribution in [0, 0.1) is 18.3 Å². The van der Waals surface area contributed by atoms with Crippen molar-refractivity contribution >= 4 is 22.6 Å². The van der Waals surface area contributed by atoms with E-state index in [1.54, 1.807) is 37.8 Å². The Hall–Kier alpha value is -4.03. The molecule has 1 N–H and O–H groups in total. The number of furan rings is 1. The van der Waals surface area contributed by atoms with Gasteiger partial charge >= 0.3 is 0 Å². The van der Waals surface area contributed by atoms with E-state index in [1.165, 1.54) is 6.20 Å². The van der Waals surface area contributed by atoms with E-state index < -0.39 is 5.91 Å². The maximum absolute atomic E-state index is 12.8. The molecule has 4 aromatic rings. The molecule has 5 heterocycles. The van der Waals surface area contributed by atoms with E-state index in [9.17, 15) is 4.79 Å². The van der Waals surface area contributed by atoms with Gasteiger partial charge in [-0.15, -0.1) is 0 Å². The summed E-state index contributed by atoms with van der Waals surface area (Å²) in [6, 6.07) is 7.28. The number of hydrogen-bond acceptors (Lipinski definition) is 7. The molecule has 160 valence electrons. The maximum Gasteiger partial charge on any atom is 0.275 e. The zero-order chi connectivity index (χ0) is 22.1. The summed E-state index contributed by atoms with van der Waals surface area (Å²) < 4.78 is 13.1. The number of nitrogens with one attached hydrogen (secondary N) is 1. The number of anilines is 1. The Kier molecular flexibility index (Phi) is 5.13. The van der Waals surface area contributed by atoms with Crippen LogP contribution in [0.3, 0.4) is 0 Å². The van der Waals surface area contributed by atoms with Crippen molar-refractivity contribution in [2.45, 2.75) is 32.4 Å². The molecule has 1 amide bonds. The van der Waals surface area contributed by atoms with E-state index in [1.807, 2.05) is 16.8 Å². The van der Waals surface area contributed by atoms with E-state index in [0.29, 0.717) is 23.6 Å². The molecule has 0 bridgehead atoms. The van der Waals surface area contributed by atoms with Crippen LogP contribution >= 0.6 is 0 Å². The fourth-order valence-corrected chi connectivity index (χ4v) is 3.90. The van der Waals surface area contributed by atoms with Crippen LogP contribution in [0.2, 0.25) is 0 Å². The molecule has 1 saturated heterocycles. The first-order valence-corrected chi connectivity index (χ1v) is 10.3. The fraction of sp³-hybridized carbons (Fsp3) is 0.261. The number of aryl methyl sites for hydroxylation is 1. The average Bonchev–Trinajstić information content (AvgIpc) is 3.47. The van der Waals surface area contributed by atoms with Gasteiger partial charge < -0.3 is 14.5 Å². The van der Waals surface area contributed by atoms with Crippen molar-refractivity contribution in [1.82, 2.24) is 19.7 Å². The quantitative estimate of drug-likeness (QED) is 0.517. The molecule has 9 heteroatoms. The van der Waals surface area contributed by atoms with Gasteiger partial charge in [-0.1, -0.05) is 0 Å². The number of rotatable bonds is 4. The smallest absolute Gasteiger partial charge is 0.275 e. The normalized spacial score (nSPS) is 16.1. The van der Waals surface area contributed by atoms with Crippen LogP contribution in [0.15, 0.2) is 47.5 Å². The molecule has 0 radical (unpaired) electrons. The lowest BCUT2D eigenvalue weighted by Gasteiger charge is -2.23. The van der Waals surface area contributed by atoms with Crippen molar-refractivity contribution in [3.63, 3.8) is 0 Å². The number of aromatic nitrogens is 4. The van der Waals surface area contributed by atoms with Crippen LogP contribution in [0.25, 0.3) is 22.2 Å². The zero-order valence-electron chi connectivity index (χ0n) is 17.4. The van der Waals surface area contributed by atoms with E-state index in [4.69, 9.17) is 19.5 Å². The predicted molar refractivity (Wildman–Crippen MR) is 116 cm³/mol. The highest BCUT2D eigenvalue weighted by Crippen LogP contribution is 2.33. The highest BCUT2D eigenvalue weighted by atomic mass is 16.5. The van der Waals surface area contributed by atoms with E-state index >= 15 is 0 Å². The Balaban J connectivity index is 1.52. The van der Waals surface area contributed by atoms with Crippen molar-refractivity contribution in [2.75, 3.05) is 11.9 Å². The van der Waals surface area contributed by atoms with Gasteiger partial charge in [0.05, 0.1) is 29.8 Å². The van der Waals surface area contributed by atoms with Gasteiger partial charge in [-0.25, -0.2) is 14.6 Å². The first-order valence-electron chi connectivity index (χ1n) is 10.3. The number of nitriles is 1. The van der Waals surface area contributed by atoms with Crippen molar-refractivity contribution in [2.24, 2.45) is 0 Å². The Morgan fingerprint density at radius 1 is 1.28 bits per heavy atom. The highest BCUT2D eigenvalue weighted by molar-refractivity contribution is 6.04. The molecule has 1 aliphatic rings. The van der Waals surface area contributed by atoms with E-state index in [0.717, 1.165) is 41.4 Å². The highest BCUT2D eigenvalue weighted by Gasteiger charge is 2.23. The number of pyridine rings is 2. The van der Waals surface area contributed by atoms with Gasteiger partial charge in [0.25, 0.3) is 5.91 Å². The number of hydrogen-bond donors (Lipinski definition) is 1. The molecule has 0 aromatic carbocycles. The van der Waals surface area contributed by atoms with Gasteiger partial charge in [-0.05, 0) is 49.9 Å². The number of fused-ring (bicyclic) bond motifs is 1. The topological polar surface area (TPSA) is 119 Å². The molecule has 1 aliphatic heterocycles. The summed E-state index contributed by atoms with van der Waals surface area (Å²) in [5, 5.41) is 17.4. The molecule has 9 nitrogen and oxygen atoms in total. The van der Waals surface area contributed by atoms with Crippen molar-refractivity contribution in [3.05, 3.63) is 59.9 Å². The van der Waals surface area contributed by atoms with Crippen LogP contribution < -0.4 is 5.32 Å². The molecule has 0 saturated carbocycles. The van der Waals surface area contributed by atoms with Gasteiger partial charge in [0.15, 0.2) is 6.23 Å². The Bertz CT molecular complexity index is 1330. The third-order valence-corrected chi connectivity index (χ3v) is 5.48. The summed E-state index contributed by atoms with van der Waals surface area (Å²) in [5.41, 5.74) is 3.64. The van der Waals surface area contributed by atoms with Crippen LogP contribution in [0.4, 0.5) is 5.82 Å². The summed E-state index contributed by atoms with van der Waals surface area (Å²) in [6.45, 7) is 2.44. The molecular weight excluding hydrogens is 408 g/mol. The average molecular weight is 428 g/mol. The molecule has 0 aliphatic carbocycles. The molecule has 32 heavy (non-hydrogen) atoms. The fourth-order valence-electron chi connectivity index (χ4n) is 3.90. The summed E-state index contributed by atoms with van der Waals surface area (Å²) in [6.07, 6.45) is 9.15. The largest absolute Gasteiger partial charge is 0.472 e. The summed E-state index contributed by atoms with van der Waals surface area (Å²) in [5.74, 6) is -0.0198. The molecule has 4 aromatic heterocycles. The number of nitrogens with zero attached hydrogens (tertiary/aromatic N) is 5. The molecule has 1 atom stereocenters. The maximum atomic E-state index is 12.8. The second-order valence-corrected chi connectivity index (χ2v) is 7.67. The second-order valence-electron chi connectivity index (χ2n) is 7.67. The number of ether oxygens (including phenoxy) is 1. The minimum atomic E-state index is -0.397. The van der Waals surface area contributed by atoms with Crippen molar-refractivity contribution in [1.29, 1.82) is 5.26 Å². The van der Waals surface area contributed by atoms with Crippen LogP contribution in [-0.4, -0.2) is 32.3 Å². The summed E-state index contributed by atoms with van der Waals surface area (Å²) in [7, 11) is 0. The first-order chi connectivity index (χ1) is 15.6. The number of carbonyl (C=O) groups is 1.